The molecule has 10 nitrogen and oxygen atoms in total. The van der Waals surface area contributed by atoms with Crippen LogP contribution in [0.3, 0.4) is 0 Å². The monoisotopic (exact) mass is 790 g/mol. The van der Waals surface area contributed by atoms with Crippen molar-refractivity contribution in [1.82, 2.24) is 14.8 Å². The molecule has 0 spiro atoms. The van der Waals surface area contributed by atoms with Crippen LogP contribution in [0.15, 0.2) is 35.7 Å². The fraction of sp³-hybridized carbons (Fsp3) is 0.766. The van der Waals surface area contributed by atoms with Crippen LogP contribution in [0.2, 0.25) is 0 Å². The Labute approximate surface area is 341 Å². The molecule has 5 aliphatic carbocycles. The fourth-order valence-corrected chi connectivity index (χ4v) is 13.6. The van der Waals surface area contributed by atoms with Gasteiger partial charge in [-0.3, -0.25) is 24.2 Å². The normalized spacial score (nSPS) is 35.2. The molecule has 6 rings (SSSR count). The Morgan fingerprint density at radius 3 is 2.21 bits per heavy atom. The predicted molar refractivity (Wildman–Crippen MR) is 220 cm³/mol. The zero-order valence-electron chi connectivity index (χ0n) is 36.7. The largest absolute Gasteiger partial charge is 0.481 e. The number of ether oxygens (including phenoxy) is 1. The van der Waals surface area contributed by atoms with E-state index in [-0.39, 0.29) is 70.8 Å². The summed E-state index contributed by atoms with van der Waals surface area (Å²) in [5, 5.41) is 22.3. The maximum atomic E-state index is 14.3. The summed E-state index contributed by atoms with van der Waals surface area (Å²) in [7, 11) is 3.76. The number of rotatable bonds is 12. The number of carboxylic acid groups (broad SMARTS) is 1. The molecule has 57 heavy (non-hydrogen) atoms. The van der Waals surface area contributed by atoms with Crippen LogP contribution < -0.4 is 0 Å². The quantitative estimate of drug-likeness (QED) is 0.204. The van der Waals surface area contributed by atoms with Gasteiger partial charge in [0.2, 0.25) is 5.91 Å². The van der Waals surface area contributed by atoms with E-state index in [1.54, 1.807) is 31.1 Å². The molecular weight excluding hydrogens is 719 g/mol. The Kier molecular flexibility index (Phi) is 11.6. The Morgan fingerprint density at radius 2 is 1.60 bits per heavy atom. The van der Waals surface area contributed by atoms with Gasteiger partial charge in [-0.05, 0) is 142 Å². The number of pyridine rings is 1. The third-order valence-corrected chi connectivity index (χ3v) is 16.8. The fourth-order valence-electron chi connectivity index (χ4n) is 13.6. The van der Waals surface area contributed by atoms with Gasteiger partial charge >= 0.3 is 11.9 Å². The predicted octanol–water partition coefficient (Wildman–Crippen LogP) is 7.73. The van der Waals surface area contributed by atoms with Gasteiger partial charge in [0.1, 0.15) is 6.10 Å². The second-order valence-corrected chi connectivity index (χ2v) is 21.4. The molecule has 1 heterocycles. The molecule has 0 radical (unpaired) electrons. The van der Waals surface area contributed by atoms with E-state index in [2.05, 4.69) is 53.5 Å². The molecule has 2 N–H and O–H groups in total. The summed E-state index contributed by atoms with van der Waals surface area (Å²) in [6.07, 6.45) is 9.78. The molecule has 0 saturated heterocycles. The number of aliphatic hydroxyl groups is 1. The lowest BCUT2D eigenvalue weighted by Gasteiger charge is -2.72. The SMILES string of the molecule is CC(C)C1=C2[C@H]3CC[C@@H]4[C@@]5(C)CC[C@H](OC(=O)CC(C)(C)C(=O)O)C(C)(C)[C@@H]5CC[C@@]4(C)[C@]3(C)CCC2([C@@H](O)CN(Cc2ccncc2)C(=O)CN(C)C)CC1=O. The summed E-state index contributed by atoms with van der Waals surface area (Å²) in [5.74, 6) is -0.384. The van der Waals surface area contributed by atoms with E-state index < -0.39 is 28.9 Å². The van der Waals surface area contributed by atoms with Crippen molar-refractivity contribution in [3.8, 4) is 0 Å². The number of likely N-dealkylation sites (N-methyl/N-ethyl adjacent to an activating group) is 1. The minimum atomic E-state index is -1.18. The van der Waals surface area contributed by atoms with Crippen LogP contribution in [0.25, 0.3) is 0 Å². The van der Waals surface area contributed by atoms with Crippen LogP contribution in [0, 0.1) is 56.2 Å². The molecule has 5 aliphatic rings. The molecule has 9 atom stereocenters. The maximum absolute atomic E-state index is 14.3. The molecule has 1 unspecified atom stereocenters. The first-order chi connectivity index (χ1) is 26.4. The number of esters is 1. The third kappa shape index (κ3) is 7.20. The average Bonchev–Trinajstić information content (AvgIpc) is 3.42. The number of allylic oxidation sites excluding steroid dienone is 1. The third-order valence-electron chi connectivity index (χ3n) is 16.8. The molecule has 10 heteroatoms. The molecule has 1 aromatic heterocycles. The van der Waals surface area contributed by atoms with Gasteiger partial charge in [-0.1, -0.05) is 54.0 Å². The highest BCUT2D eigenvalue weighted by molar-refractivity contribution is 6.00. The number of ketones is 1. The topological polar surface area (TPSA) is 137 Å². The molecule has 1 aromatic rings. The minimum Gasteiger partial charge on any atom is -0.481 e. The van der Waals surface area contributed by atoms with Gasteiger partial charge in [0.15, 0.2) is 5.78 Å². The number of carbonyl (C=O) groups is 4. The first kappa shape index (κ1) is 43.5. The van der Waals surface area contributed by atoms with Crippen LogP contribution in [-0.2, 0) is 30.5 Å². The lowest BCUT2D eigenvalue weighted by atomic mass is 9.33. The first-order valence-electron chi connectivity index (χ1n) is 21.6. The van der Waals surface area contributed by atoms with Gasteiger partial charge in [-0.25, -0.2) is 0 Å². The van der Waals surface area contributed by atoms with E-state index in [1.807, 2.05) is 31.1 Å². The van der Waals surface area contributed by atoms with E-state index in [0.717, 1.165) is 56.1 Å². The van der Waals surface area contributed by atoms with Crippen molar-refractivity contribution in [3.05, 3.63) is 41.2 Å². The van der Waals surface area contributed by atoms with Gasteiger partial charge in [-0.15, -0.1) is 0 Å². The van der Waals surface area contributed by atoms with E-state index in [9.17, 15) is 29.4 Å². The van der Waals surface area contributed by atoms with E-state index >= 15 is 0 Å². The Morgan fingerprint density at radius 1 is 0.930 bits per heavy atom. The highest BCUT2D eigenvalue weighted by atomic mass is 16.5. The van der Waals surface area contributed by atoms with E-state index in [0.29, 0.717) is 31.2 Å². The zero-order valence-corrected chi connectivity index (χ0v) is 36.7. The Balaban J connectivity index is 1.30. The van der Waals surface area contributed by atoms with Gasteiger partial charge < -0.3 is 24.7 Å². The molecule has 0 bridgehead atoms. The summed E-state index contributed by atoms with van der Waals surface area (Å²) < 4.78 is 6.18. The zero-order chi connectivity index (χ0) is 42.1. The number of hydrogen-bond donors (Lipinski definition) is 2. The number of aromatic nitrogens is 1. The summed E-state index contributed by atoms with van der Waals surface area (Å²) >= 11 is 0. The molecular formula is C47H71N3O7. The first-order valence-corrected chi connectivity index (χ1v) is 21.6. The second-order valence-electron chi connectivity index (χ2n) is 21.4. The molecule has 4 fully saturated rings. The van der Waals surface area contributed by atoms with Crippen molar-refractivity contribution in [2.45, 2.75) is 145 Å². The highest BCUT2D eigenvalue weighted by Gasteiger charge is 2.71. The number of fused-ring (bicyclic) bond motifs is 7. The number of nitrogens with zero attached hydrogens (tertiary/aromatic N) is 3. The number of amides is 1. The van der Waals surface area contributed by atoms with Crippen molar-refractivity contribution in [2.24, 2.45) is 56.2 Å². The van der Waals surface area contributed by atoms with Crippen LogP contribution >= 0.6 is 0 Å². The molecule has 1 amide bonds. The molecule has 0 aromatic carbocycles. The molecule has 0 aliphatic heterocycles. The van der Waals surface area contributed by atoms with Crippen molar-refractivity contribution >= 4 is 23.6 Å². The van der Waals surface area contributed by atoms with Crippen molar-refractivity contribution in [3.63, 3.8) is 0 Å². The van der Waals surface area contributed by atoms with Gasteiger partial charge in [0, 0.05) is 42.7 Å². The molecule has 4 saturated carbocycles. The van der Waals surface area contributed by atoms with Crippen LogP contribution in [0.5, 0.6) is 0 Å². The minimum absolute atomic E-state index is 0.0147. The van der Waals surface area contributed by atoms with Gasteiger partial charge in [0.05, 0.1) is 24.5 Å². The summed E-state index contributed by atoms with van der Waals surface area (Å²) in [6, 6.07) is 3.82. The molecule has 316 valence electrons. The summed E-state index contributed by atoms with van der Waals surface area (Å²) in [5.41, 5.74) is 0.796. The van der Waals surface area contributed by atoms with Crippen LogP contribution in [-0.4, -0.2) is 88.0 Å². The number of aliphatic hydroxyl groups excluding tert-OH is 1. The maximum Gasteiger partial charge on any atom is 0.309 e. The number of hydrogen-bond acceptors (Lipinski definition) is 8. The van der Waals surface area contributed by atoms with Gasteiger partial charge in [-0.2, -0.15) is 0 Å². The summed E-state index contributed by atoms with van der Waals surface area (Å²) in [6.45, 7) is 20.2. The highest BCUT2D eigenvalue weighted by Crippen LogP contribution is 2.77. The van der Waals surface area contributed by atoms with E-state index in [1.165, 1.54) is 5.57 Å². The second kappa shape index (κ2) is 15.2. The van der Waals surface area contributed by atoms with Crippen molar-refractivity contribution in [2.75, 3.05) is 27.2 Å². The lowest BCUT2D eigenvalue weighted by Crippen LogP contribution is -2.66. The standard InChI is InChI=1S/C47H71N3O7/c1-29(2)39-32(51)24-47(35(52)27-50(37(53)28-49(10)11)26-30-16-22-48-23-17-30)21-20-45(8)31(40(39)47)12-13-34-44(7)18-15-36(57-38(54)25-42(3,4)41(55)56)43(5,6)33(44)14-19-46(34,45)9/h16-17,22-23,29,31,33-36,52H,12-15,18-21,24-28H2,1-11H3,(H,55,56)/t31-,33+,34-,35+,36+,44+,45-,46-,47?/m1/s1. The van der Waals surface area contributed by atoms with E-state index in [4.69, 9.17) is 4.74 Å². The van der Waals surface area contributed by atoms with Crippen LogP contribution in [0.1, 0.15) is 132 Å². The Bertz CT molecular complexity index is 1770. The van der Waals surface area contributed by atoms with Crippen molar-refractivity contribution in [1.29, 1.82) is 0 Å². The smallest absolute Gasteiger partial charge is 0.309 e. The Hall–Kier alpha value is -3.11. The number of carboxylic acids is 1. The summed E-state index contributed by atoms with van der Waals surface area (Å²) in [4.78, 5) is 60.8. The number of aliphatic carboxylic acids is 1. The number of carbonyl (C=O) groups excluding carboxylic acids is 3. The van der Waals surface area contributed by atoms with Crippen molar-refractivity contribution < 1.29 is 34.1 Å². The number of Topliss-reactive ketones (excluding diaryl/α,β-unsaturated/α-hetero) is 1. The average molecular weight is 790 g/mol. The van der Waals surface area contributed by atoms with Gasteiger partial charge in [0.25, 0.3) is 0 Å². The van der Waals surface area contributed by atoms with Crippen LogP contribution in [0.4, 0.5) is 0 Å². The lowest BCUT2D eigenvalue weighted by molar-refractivity contribution is -0.235.